The molecule has 0 aliphatic heterocycles. The van der Waals surface area contributed by atoms with Crippen molar-refractivity contribution in [3.8, 4) is 0 Å². The van der Waals surface area contributed by atoms with Crippen LogP contribution in [0.25, 0.3) is 0 Å². The van der Waals surface area contributed by atoms with Crippen LogP contribution < -0.4 is 5.32 Å². The van der Waals surface area contributed by atoms with Gasteiger partial charge in [-0.25, -0.2) is 0 Å². The lowest BCUT2D eigenvalue weighted by Gasteiger charge is -2.00. The molecule has 1 saturated carbocycles. The van der Waals surface area contributed by atoms with Crippen LogP contribution in [0.3, 0.4) is 0 Å². The molecule has 0 unspecified atom stereocenters. The second kappa shape index (κ2) is 5.09. The van der Waals surface area contributed by atoms with E-state index >= 15 is 0 Å². The Morgan fingerprint density at radius 2 is 2.16 bits per heavy atom. The standard InChI is InChI=1S/C14H15N3OS/c1-2-12-16-17-14(19-12)15-13(18)11-8-10(11)9-6-4-3-5-7-9/h3-7,10-11H,2,8H2,1H3,(H,15,17,18)/t10-,11+/m0/s1. The molecule has 0 radical (unpaired) electrons. The zero-order valence-corrected chi connectivity index (χ0v) is 11.5. The lowest BCUT2D eigenvalue weighted by atomic mass is 10.1. The predicted octanol–water partition coefficient (Wildman–Crippen LogP) is 2.84. The van der Waals surface area contributed by atoms with Crippen molar-refractivity contribution in [2.45, 2.75) is 25.7 Å². The molecule has 1 fully saturated rings. The van der Waals surface area contributed by atoms with Gasteiger partial charge in [-0.1, -0.05) is 48.6 Å². The molecule has 1 N–H and O–H groups in total. The Morgan fingerprint density at radius 1 is 1.37 bits per heavy atom. The maximum absolute atomic E-state index is 12.1. The number of carbonyl (C=O) groups is 1. The van der Waals surface area contributed by atoms with Crippen LogP contribution in [0.1, 0.15) is 29.8 Å². The normalized spacial score (nSPS) is 21.1. The van der Waals surface area contributed by atoms with Crippen molar-refractivity contribution in [2.24, 2.45) is 5.92 Å². The third-order valence-electron chi connectivity index (χ3n) is 3.35. The van der Waals surface area contributed by atoms with Crippen molar-refractivity contribution in [3.63, 3.8) is 0 Å². The molecule has 0 spiro atoms. The maximum Gasteiger partial charge on any atom is 0.229 e. The van der Waals surface area contributed by atoms with Crippen molar-refractivity contribution in [1.29, 1.82) is 0 Å². The number of amides is 1. The molecule has 2 aromatic rings. The molecule has 1 aromatic heterocycles. The fourth-order valence-electron chi connectivity index (χ4n) is 2.20. The molecule has 1 amide bonds. The first-order chi connectivity index (χ1) is 9.28. The Balaban J connectivity index is 1.61. The summed E-state index contributed by atoms with van der Waals surface area (Å²) in [6.45, 7) is 2.03. The number of aryl methyl sites for hydroxylation is 1. The Bertz CT molecular complexity index is 581. The van der Waals surface area contributed by atoms with Crippen molar-refractivity contribution in [2.75, 3.05) is 5.32 Å². The monoisotopic (exact) mass is 273 g/mol. The molecular formula is C14H15N3OS. The molecule has 1 heterocycles. The summed E-state index contributed by atoms with van der Waals surface area (Å²) >= 11 is 1.45. The number of nitrogens with zero attached hydrogens (tertiary/aromatic N) is 2. The lowest BCUT2D eigenvalue weighted by molar-refractivity contribution is -0.117. The summed E-state index contributed by atoms with van der Waals surface area (Å²) in [5, 5.41) is 12.4. The molecule has 1 aliphatic rings. The number of hydrogen-bond donors (Lipinski definition) is 1. The number of anilines is 1. The molecular weight excluding hydrogens is 258 g/mol. The molecule has 0 saturated heterocycles. The fraction of sp³-hybridized carbons (Fsp3) is 0.357. The molecule has 5 heteroatoms. The highest BCUT2D eigenvalue weighted by Gasteiger charge is 2.44. The van der Waals surface area contributed by atoms with Gasteiger partial charge in [0.2, 0.25) is 11.0 Å². The van der Waals surface area contributed by atoms with Crippen LogP contribution in [0.4, 0.5) is 5.13 Å². The smallest absolute Gasteiger partial charge is 0.229 e. The van der Waals surface area contributed by atoms with E-state index in [1.807, 2.05) is 25.1 Å². The minimum absolute atomic E-state index is 0.0626. The quantitative estimate of drug-likeness (QED) is 0.932. The first kappa shape index (κ1) is 12.3. The Kier molecular flexibility index (Phi) is 3.29. The number of carbonyl (C=O) groups excluding carboxylic acids is 1. The van der Waals surface area contributed by atoms with Gasteiger partial charge >= 0.3 is 0 Å². The predicted molar refractivity (Wildman–Crippen MR) is 75.2 cm³/mol. The van der Waals surface area contributed by atoms with Gasteiger partial charge < -0.3 is 5.32 Å². The zero-order valence-electron chi connectivity index (χ0n) is 10.7. The van der Waals surface area contributed by atoms with E-state index < -0.39 is 0 Å². The van der Waals surface area contributed by atoms with Gasteiger partial charge in [-0.2, -0.15) is 0 Å². The summed E-state index contributed by atoms with van der Waals surface area (Å²) in [7, 11) is 0. The Hall–Kier alpha value is -1.75. The largest absolute Gasteiger partial charge is 0.300 e. The number of benzene rings is 1. The second-order valence-corrected chi connectivity index (χ2v) is 5.77. The lowest BCUT2D eigenvalue weighted by Crippen LogP contribution is -2.14. The van der Waals surface area contributed by atoms with Gasteiger partial charge in [-0.05, 0) is 24.3 Å². The first-order valence-electron chi connectivity index (χ1n) is 6.46. The molecule has 3 rings (SSSR count). The van der Waals surface area contributed by atoms with Crippen LogP contribution in [-0.2, 0) is 11.2 Å². The molecule has 4 nitrogen and oxygen atoms in total. The van der Waals surface area contributed by atoms with Crippen LogP contribution in [0, 0.1) is 5.92 Å². The van der Waals surface area contributed by atoms with Crippen LogP contribution in [0.15, 0.2) is 30.3 Å². The number of nitrogens with one attached hydrogen (secondary N) is 1. The molecule has 19 heavy (non-hydrogen) atoms. The van der Waals surface area contributed by atoms with Crippen molar-refractivity contribution >= 4 is 22.4 Å². The maximum atomic E-state index is 12.1. The van der Waals surface area contributed by atoms with Crippen LogP contribution in [-0.4, -0.2) is 16.1 Å². The Labute approximate surface area is 115 Å². The summed E-state index contributed by atoms with van der Waals surface area (Å²) in [5.74, 6) is 0.504. The highest BCUT2D eigenvalue weighted by atomic mass is 32.1. The molecule has 1 aliphatic carbocycles. The molecule has 0 bridgehead atoms. The van der Waals surface area contributed by atoms with Crippen LogP contribution in [0.5, 0.6) is 0 Å². The van der Waals surface area contributed by atoms with E-state index in [0.29, 0.717) is 11.0 Å². The van der Waals surface area contributed by atoms with Crippen molar-refractivity contribution in [3.05, 3.63) is 40.9 Å². The van der Waals surface area contributed by atoms with Gasteiger partial charge in [-0.15, -0.1) is 10.2 Å². The zero-order chi connectivity index (χ0) is 13.2. The third kappa shape index (κ3) is 2.66. The average Bonchev–Trinajstić information content (AvgIpc) is 3.13. The van der Waals surface area contributed by atoms with E-state index in [1.54, 1.807) is 0 Å². The van der Waals surface area contributed by atoms with E-state index in [1.165, 1.54) is 16.9 Å². The topological polar surface area (TPSA) is 54.9 Å². The average molecular weight is 273 g/mol. The molecule has 2 atom stereocenters. The Morgan fingerprint density at radius 3 is 2.84 bits per heavy atom. The summed E-state index contributed by atoms with van der Waals surface area (Å²) < 4.78 is 0. The second-order valence-electron chi connectivity index (χ2n) is 4.70. The van der Waals surface area contributed by atoms with Gasteiger partial charge in [0, 0.05) is 5.92 Å². The van der Waals surface area contributed by atoms with Crippen molar-refractivity contribution < 1.29 is 4.79 Å². The summed E-state index contributed by atoms with van der Waals surface area (Å²) in [4.78, 5) is 12.1. The molecule has 1 aromatic carbocycles. The number of aromatic nitrogens is 2. The van der Waals surface area contributed by atoms with Gasteiger partial charge in [0.25, 0.3) is 0 Å². The van der Waals surface area contributed by atoms with Gasteiger partial charge in [0.15, 0.2) is 0 Å². The van der Waals surface area contributed by atoms with Crippen LogP contribution in [0.2, 0.25) is 0 Å². The fourth-order valence-corrected chi connectivity index (χ4v) is 2.88. The van der Waals surface area contributed by atoms with E-state index in [9.17, 15) is 4.79 Å². The van der Waals surface area contributed by atoms with E-state index in [4.69, 9.17) is 0 Å². The first-order valence-corrected chi connectivity index (χ1v) is 7.27. The van der Waals surface area contributed by atoms with E-state index in [0.717, 1.165) is 17.8 Å². The summed E-state index contributed by atoms with van der Waals surface area (Å²) in [5.41, 5.74) is 1.24. The van der Waals surface area contributed by atoms with E-state index in [-0.39, 0.29) is 11.8 Å². The van der Waals surface area contributed by atoms with Crippen molar-refractivity contribution in [1.82, 2.24) is 10.2 Å². The number of rotatable bonds is 4. The SMILES string of the molecule is CCc1nnc(NC(=O)[C@@H]2C[C@H]2c2ccccc2)s1. The van der Waals surface area contributed by atoms with Gasteiger partial charge in [0.1, 0.15) is 5.01 Å². The minimum atomic E-state index is 0.0626. The molecule has 98 valence electrons. The number of hydrogen-bond acceptors (Lipinski definition) is 4. The highest BCUT2D eigenvalue weighted by molar-refractivity contribution is 7.15. The van der Waals surface area contributed by atoms with Gasteiger partial charge in [-0.3, -0.25) is 4.79 Å². The van der Waals surface area contributed by atoms with Crippen LogP contribution >= 0.6 is 11.3 Å². The third-order valence-corrected chi connectivity index (χ3v) is 4.34. The van der Waals surface area contributed by atoms with Gasteiger partial charge in [0.05, 0.1) is 0 Å². The van der Waals surface area contributed by atoms with E-state index in [2.05, 4.69) is 27.6 Å². The minimum Gasteiger partial charge on any atom is -0.300 e. The summed E-state index contributed by atoms with van der Waals surface area (Å²) in [6.07, 6.45) is 1.78. The highest BCUT2D eigenvalue weighted by Crippen LogP contribution is 2.47. The summed E-state index contributed by atoms with van der Waals surface area (Å²) in [6, 6.07) is 10.2.